The average molecular weight is 332 g/mol. The van der Waals surface area contributed by atoms with Crippen LogP contribution >= 0.6 is 0 Å². The van der Waals surface area contributed by atoms with Crippen molar-refractivity contribution >= 4 is 38.5 Å². The number of fused-ring (bicyclic) bond motifs is 8. The summed E-state index contributed by atoms with van der Waals surface area (Å²) in [6.07, 6.45) is 0. The molecule has 2 N–H and O–H groups in total. The van der Waals surface area contributed by atoms with Crippen molar-refractivity contribution in [2.75, 3.05) is 14.2 Å². The molecule has 4 aromatic rings. The zero-order chi connectivity index (χ0) is 17.3. The van der Waals surface area contributed by atoms with Crippen LogP contribution < -0.4 is 4.74 Å². The number of ether oxygens (including phenoxy) is 1. The van der Waals surface area contributed by atoms with Crippen LogP contribution in [-0.4, -0.2) is 35.1 Å². The predicted octanol–water partition coefficient (Wildman–Crippen LogP) is 3.77. The second kappa shape index (κ2) is 4.66. The van der Waals surface area contributed by atoms with Crippen LogP contribution in [0.1, 0.15) is 15.9 Å². The standard InChI is InChI=1S/C20H16N2O3/c1-22-9-11-15-13(23)7-8-14(25-2)18(15)19-16(17(11)20(22)24)10-5-3-4-6-12(10)21-19/h3-8,21,23H,9H2,1-2H3. The lowest BCUT2D eigenvalue weighted by atomic mass is 9.94. The highest BCUT2D eigenvalue weighted by Crippen LogP contribution is 2.46. The fourth-order valence-corrected chi connectivity index (χ4v) is 4.06. The zero-order valence-electron chi connectivity index (χ0n) is 13.9. The Morgan fingerprint density at radius 3 is 2.72 bits per heavy atom. The first-order chi connectivity index (χ1) is 12.1. The van der Waals surface area contributed by atoms with Crippen LogP contribution in [0.3, 0.4) is 0 Å². The summed E-state index contributed by atoms with van der Waals surface area (Å²) in [6, 6.07) is 11.3. The van der Waals surface area contributed by atoms with Crippen LogP contribution in [0.2, 0.25) is 0 Å². The van der Waals surface area contributed by atoms with E-state index >= 15 is 0 Å². The summed E-state index contributed by atoms with van der Waals surface area (Å²) in [5, 5.41) is 14.0. The molecule has 0 saturated heterocycles. The summed E-state index contributed by atoms with van der Waals surface area (Å²) in [4.78, 5) is 18.0. The molecule has 0 saturated carbocycles. The maximum Gasteiger partial charge on any atom is 0.254 e. The summed E-state index contributed by atoms with van der Waals surface area (Å²) < 4.78 is 5.57. The Labute approximate surface area is 143 Å². The van der Waals surface area contributed by atoms with E-state index in [0.29, 0.717) is 23.2 Å². The first-order valence-corrected chi connectivity index (χ1v) is 8.12. The molecule has 5 rings (SSSR count). The number of nitrogens with zero attached hydrogens (tertiary/aromatic N) is 1. The van der Waals surface area contributed by atoms with Gasteiger partial charge in [0.15, 0.2) is 0 Å². The monoisotopic (exact) mass is 332 g/mol. The van der Waals surface area contributed by atoms with Crippen LogP contribution in [0.15, 0.2) is 36.4 Å². The van der Waals surface area contributed by atoms with Gasteiger partial charge in [-0.25, -0.2) is 0 Å². The molecule has 0 bridgehead atoms. The van der Waals surface area contributed by atoms with E-state index in [-0.39, 0.29) is 11.7 Å². The summed E-state index contributed by atoms with van der Waals surface area (Å²) in [5.74, 6) is 0.818. The van der Waals surface area contributed by atoms with Gasteiger partial charge in [-0.2, -0.15) is 0 Å². The van der Waals surface area contributed by atoms with E-state index in [9.17, 15) is 9.90 Å². The minimum absolute atomic E-state index is 0.0196. The van der Waals surface area contributed by atoms with Crippen LogP contribution in [0.5, 0.6) is 11.5 Å². The predicted molar refractivity (Wildman–Crippen MR) is 97.3 cm³/mol. The molecule has 0 unspecified atom stereocenters. The van der Waals surface area contributed by atoms with Crippen molar-refractivity contribution in [3.05, 3.63) is 47.5 Å². The fraction of sp³-hybridized carbons (Fsp3) is 0.150. The second-order valence-electron chi connectivity index (χ2n) is 6.47. The number of aromatic hydroxyl groups is 1. The molecule has 124 valence electrons. The molecule has 0 aliphatic carbocycles. The number of rotatable bonds is 1. The van der Waals surface area contributed by atoms with Crippen LogP contribution in [-0.2, 0) is 6.54 Å². The lowest BCUT2D eigenvalue weighted by Crippen LogP contribution is -2.17. The van der Waals surface area contributed by atoms with E-state index in [2.05, 4.69) is 4.98 Å². The second-order valence-corrected chi connectivity index (χ2v) is 6.47. The van der Waals surface area contributed by atoms with E-state index in [4.69, 9.17) is 4.74 Å². The number of phenolic OH excluding ortho intramolecular Hbond substituents is 1. The van der Waals surface area contributed by atoms with Crippen molar-refractivity contribution in [3.8, 4) is 11.5 Å². The van der Waals surface area contributed by atoms with E-state index < -0.39 is 0 Å². The Balaban J connectivity index is 2.16. The molecular weight excluding hydrogens is 316 g/mol. The first kappa shape index (κ1) is 14.2. The summed E-state index contributed by atoms with van der Waals surface area (Å²) in [5.41, 5.74) is 3.31. The minimum atomic E-state index is -0.0196. The smallest absolute Gasteiger partial charge is 0.254 e. The highest BCUT2D eigenvalue weighted by Gasteiger charge is 2.32. The topological polar surface area (TPSA) is 65.6 Å². The number of aromatic amines is 1. The maximum absolute atomic E-state index is 12.9. The van der Waals surface area contributed by atoms with E-state index in [1.807, 2.05) is 24.3 Å². The number of aromatic nitrogens is 1. The number of benzene rings is 3. The molecule has 1 aromatic heterocycles. The van der Waals surface area contributed by atoms with Gasteiger partial charge in [0.1, 0.15) is 11.5 Å². The number of hydrogen-bond donors (Lipinski definition) is 2. The molecule has 25 heavy (non-hydrogen) atoms. The zero-order valence-corrected chi connectivity index (χ0v) is 13.9. The van der Waals surface area contributed by atoms with Gasteiger partial charge in [-0.1, -0.05) is 18.2 Å². The minimum Gasteiger partial charge on any atom is -0.507 e. The number of phenols is 1. The molecule has 1 amide bonds. The van der Waals surface area contributed by atoms with E-state index in [1.165, 1.54) is 0 Å². The molecule has 5 heteroatoms. The van der Waals surface area contributed by atoms with E-state index in [1.54, 1.807) is 31.2 Å². The van der Waals surface area contributed by atoms with Crippen LogP contribution in [0, 0.1) is 0 Å². The average Bonchev–Trinajstić information content (AvgIpc) is 3.13. The lowest BCUT2D eigenvalue weighted by molar-refractivity contribution is 0.0818. The summed E-state index contributed by atoms with van der Waals surface area (Å²) in [7, 11) is 3.40. The SMILES string of the molecule is COc1ccc(O)c2c3c(c4c5ccccc5[nH]c4c12)C(=O)N(C)C3. The van der Waals surface area contributed by atoms with Gasteiger partial charge >= 0.3 is 0 Å². The van der Waals surface area contributed by atoms with Gasteiger partial charge in [0.2, 0.25) is 0 Å². The third kappa shape index (κ3) is 1.65. The Morgan fingerprint density at radius 1 is 1.12 bits per heavy atom. The van der Waals surface area contributed by atoms with Gasteiger partial charge < -0.3 is 19.7 Å². The normalized spacial score (nSPS) is 14.0. The van der Waals surface area contributed by atoms with Crippen molar-refractivity contribution in [1.29, 1.82) is 0 Å². The Morgan fingerprint density at radius 2 is 1.92 bits per heavy atom. The number of hydrogen-bond acceptors (Lipinski definition) is 3. The number of carbonyl (C=O) groups is 1. The third-order valence-corrected chi connectivity index (χ3v) is 5.13. The molecular formula is C20H16N2O3. The molecule has 2 heterocycles. The van der Waals surface area contributed by atoms with Crippen molar-refractivity contribution in [3.63, 3.8) is 0 Å². The molecule has 1 aliphatic rings. The first-order valence-electron chi connectivity index (χ1n) is 8.12. The number of para-hydroxylation sites is 1. The largest absolute Gasteiger partial charge is 0.507 e. The van der Waals surface area contributed by atoms with Gasteiger partial charge in [-0.15, -0.1) is 0 Å². The number of amides is 1. The Hall–Kier alpha value is -3.21. The van der Waals surface area contributed by atoms with Crippen molar-refractivity contribution in [2.45, 2.75) is 6.54 Å². The number of methoxy groups -OCH3 is 1. The molecule has 5 nitrogen and oxygen atoms in total. The molecule has 0 spiro atoms. The molecule has 0 atom stereocenters. The third-order valence-electron chi connectivity index (χ3n) is 5.13. The Bertz CT molecular complexity index is 1210. The summed E-state index contributed by atoms with van der Waals surface area (Å²) >= 11 is 0. The van der Waals surface area contributed by atoms with Gasteiger partial charge in [-0.05, 0) is 23.8 Å². The van der Waals surface area contributed by atoms with Gasteiger partial charge in [0, 0.05) is 35.3 Å². The van der Waals surface area contributed by atoms with Gasteiger partial charge in [0.05, 0.1) is 23.6 Å². The van der Waals surface area contributed by atoms with Crippen LogP contribution in [0.25, 0.3) is 32.6 Å². The van der Waals surface area contributed by atoms with Crippen molar-refractivity contribution < 1.29 is 14.6 Å². The molecule has 3 aromatic carbocycles. The molecule has 1 aliphatic heterocycles. The quantitative estimate of drug-likeness (QED) is 0.557. The maximum atomic E-state index is 12.9. The van der Waals surface area contributed by atoms with Crippen molar-refractivity contribution in [2.24, 2.45) is 0 Å². The fourth-order valence-electron chi connectivity index (χ4n) is 4.06. The van der Waals surface area contributed by atoms with Gasteiger partial charge in [0.25, 0.3) is 5.91 Å². The highest BCUT2D eigenvalue weighted by molar-refractivity contribution is 6.28. The Kier molecular flexibility index (Phi) is 2.64. The number of H-pyrrole nitrogens is 1. The highest BCUT2D eigenvalue weighted by atomic mass is 16.5. The molecule has 0 fully saturated rings. The van der Waals surface area contributed by atoms with E-state index in [0.717, 1.165) is 32.8 Å². The van der Waals surface area contributed by atoms with Crippen molar-refractivity contribution in [1.82, 2.24) is 9.88 Å². The number of nitrogens with one attached hydrogen (secondary N) is 1. The molecule has 0 radical (unpaired) electrons. The van der Waals surface area contributed by atoms with Crippen LogP contribution in [0.4, 0.5) is 0 Å². The number of carbonyl (C=O) groups excluding carboxylic acids is 1. The summed E-state index contributed by atoms with van der Waals surface area (Å²) in [6.45, 7) is 0.473. The lowest BCUT2D eigenvalue weighted by Gasteiger charge is -2.12. The van der Waals surface area contributed by atoms with Gasteiger partial charge in [-0.3, -0.25) is 4.79 Å².